The van der Waals surface area contributed by atoms with Gasteiger partial charge in [-0.25, -0.2) is 9.37 Å². The van der Waals surface area contributed by atoms with E-state index in [-0.39, 0.29) is 35.6 Å². The van der Waals surface area contributed by atoms with Crippen molar-refractivity contribution in [3.63, 3.8) is 0 Å². The Labute approximate surface area is 218 Å². The fourth-order valence-electron chi connectivity index (χ4n) is 3.40. The van der Waals surface area contributed by atoms with Gasteiger partial charge < -0.3 is 20.5 Å². The van der Waals surface area contributed by atoms with E-state index in [4.69, 9.17) is 20.6 Å². The Morgan fingerprint density at radius 3 is 2.39 bits per heavy atom. The fourth-order valence-corrected chi connectivity index (χ4v) is 3.40. The van der Waals surface area contributed by atoms with Crippen LogP contribution in [0.2, 0.25) is 0 Å². The Balaban J connectivity index is 1.95. The number of carbonyl (C=O) groups is 2. The van der Waals surface area contributed by atoms with Crippen LogP contribution in [-0.4, -0.2) is 35.3 Å². The number of carbonyl (C=O) groups excluding carboxylic acids is 2. The quantitative estimate of drug-likeness (QED) is 0.117. The molecule has 38 heavy (non-hydrogen) atoms. The highest BCUT2D eigenvalue weighted by Crippen LogP contribution is 2.35. The SMILES string of the molecule is CCOc1cc(C(Nc2ccc(C(=N)N)cc2)C(=O)NNC(=O)c2cccnc2F)c(F)cc1OC(C)C. The number of nitrogens with one attached hydrogen (secondary N) is 4. The molecule has 3 aromatic rings. The van der Waals surface area contributed by atoms with Crippen molar-refractivity contribution in [1.82, 2.24) is 15.8 Å². The van der Waals surface area contributed by atoms with Crippen LogP contribution in [0, 0.1) is 17.2 Å². The monoisotopic (exact) mass is 526 g/mol. The maximum atomic E-state index is 15.4. The van der Waals surface area contributed by atoms with Crippen molar-refractivity contribution in [3.8, 4) is 11.5 Å². The Hall–Kier alpha value is -4.74. The van der Waals surface area contributed by atoms with E-state index >= 15 is 4.39 Å². The van der Waals surface area contributed by atoms with E-state index in [1.54, 1.807) is 45.0 Å². The van der Waals surface area contributed by atoms with Crippen LogP contribution < -0.4 is 31.4 Å². The Kier molecular flexibility index (Phi) is 9.14. The molecule has 0 saturated heterocycles. The fraction of sp³-hybridized carbons (Fsp3) is 0.231. The lowest BCUT2D eigenvalue weighted by Gasteiger charge is -2.23. The van der Waals surface area contributed by atoms with Gasteiger partial charge in [0.25, 0.3) is 11.8 Å². The zero-order chi connectivity index (χ0) is 27.8. The van der Waals surface area contributed by atoms with Gasteiger partial charge >= 0.3 is 0 Å². The molecule has 0 aliphatic carbocycles. The van der Waals surface area contributed by atoms with Crippen LogP contribution in [0.25, 0.3) is 0 Å². The average Bonchev–Trinajstić information content (AvgIpc) is 2.87. The molecule has 0 spiro atoms. The van der Waals surface area contributed by atoms with Crippen molar-refractivity contribution in [1.29, 1.82) is 5.41 Å². The normalized spacial score (nSPS) is 11.4. The van der Waals surface area contributed by atoms with Gasteiger partial charge in [-0.3, -0.25) is 25.8 Å². The largest absolute Gasteiger partial charge is 0.490 e. The van der Waals surface area contributed by atoms with E-state index in [1.165, 1.54) is 24.4 Å². The van der Waals surface area contributed by atoms with Crippen LogP contribution in [-0.2, 0) is 4.79 Å². The molecule has 6 N–H and O–H groups in total. The first-order chi connectivity index (χ1) is 18.1. The van der Waals surface area contributed by atoms with Crippen molar-refractivity contribution in [3.05, 3.63) is 83.2 Å². The third kappa shape index (κ3) is 6.93. The minimum atomic E-state index is -1.38. The summed E-state index contributed by atoms with van der Waals surface area (Å²) in [6.07, 6.45) is 0.910. The molecule has 2 amide bonds. The predicted octanol–water partition coefficient (Wildman–Crippen LogP) is 3.44. The van der Waals surface area contributed by atoms with Gasteiger partial charge in [0.05, 0.1) is 18.3 Å². The Morgan fingerprint density at radius 1 is 1.08 bits per heavy atom. The zero-order valence-corrected chi connectivity index (χ0v) is 21.0. The number of hydrogen-bond acceptors (Lipinski definition) is 7. The number of pyridine rings is 1. The molecule has 0 fully saturated rings. The van der Waals surface area contributed by atoms with Gasteiger partial charge in [-0.15, -0.1) is 0 Å². The summed E-state index contributed by atoms with van der Waals surface area (Å²) < 4.78 is 40.5. The smallest absolute Gasteiger partial charge is 0.274 e. The molecule has 0 saturated carbocycles. The third-order valence-corrected chi connectivity index (χ3v) is 5.11. The standard InChI is InChI=1S/C26H28F2N6O4/c1-4-37-20-12-18(19(27)13-21(20)38-14(2)3)22(32-16-9-7-15(8-10-16)24(29)30)26(36)34-33-25(35)17-6-5-11-31-23(17)28/h5-14,22,32H,4H2,1-3H3,(H3,29,30)(H,33,35)(H,34,36). The van der Waals surface area contributed by atoms with Gasteiger partial charge in [-0.2, -0.15) is 4.39 Å². The number of nitrogens with zero attached hydrogens (tertiary/aromatic N) is 1. The lowest BCUT2D eigenvalue weighted by atomic mass is 10.0. The van der Waals surface area contributed by atoms with Crippen LogP contribution in [0.1, 0.15) is 48.3 Å². The topological polar surface area (TPSA) is 151 Å². The molecule has 0 aliphatic rings. The molecule has 10 nitrogen and oxygen atoms in total. The van der Waals surface area contributed by atoms with Crippen LogP contribution in [0.4, 0.5) is 14.5 Å². The molecule has 1 atom stereocenters. The van der Waals surface area contributed by atoms with E-state index < -0.39 is 35.2 Å². The Bertz CT molecular complexity index is 1320. The van der Waals surface area contributed by atoms with Crippen LogP contribution in [0.15, 0.2) is 54.7 Å². The highest BCUT2D eigenvalue weighted by atomic mass is 19.1. The number of rotatable bonds is 10. The number of amides is 2. The molecule has 0 bridgehead atoms. The van der Waals surface area contributed by atoms with Gasteiger partial charge in [0.2, 0.25) is 5.95 Å². The summed E-state index contributed by atoms with van der Waals surface area (Å²) in [5, 5.41) is 10.4. The van der Waals surface area contributed by atoms with Crippen molar-refractivity contribution < 1.29 is 27.8 Å². The minimum absolute atomic E-state index is 0.112. The number of anilines is 1. The molecule has 2 aromatic carbocycles. The first-order valence-corrected chi connectivity index (χ1v) is 11.6. The first kappa shape index (κ1) is 27.8. The maximum absolute atomic E-state index is 15.4. The number of aromatic nitrogens is 1. The Morgan fingerprint density at radius 2 is 1.79 bits per heavy atom. The van der Waals surface area contributed by atoms with Crippen molar-refractivity contribution in [2.45, 2.75) is 32.9 Å². The summed E-state index contributed by atoms with van der Waals surface area (Å²) in [5.74, 6) is -3.39. The molecule has 200 valence electrons. The highest BCUT2D eigenvalue weighted by molar-refractivity contribution is 5.97. The molecular formula is C26H28F2N6O4. The number of ether oxygens (including phenoxy) is 2. The van der Waals surface area contributed by atoms with Crippen LogP contribution in [0.3, 0.4) is 0 Å². The van der Waals surface area contributed by atoms with Crippen molar-refractivity contribution in [2.24, 2.45) is 5.73 Å². The van der Waals surface area contributed by atoms with E-state index in [1.807, 2.05) is 0 Å². The van der Waals surface area contributed by atoms with E-state index in [2.05, 4.69) is 21.2 Å². The number of amidine groups is 1. The lowest BCUT2D eigenvalue weighted by molar-refractivity contribution is -0.122. The second-order valence-electron chi connectivity index (χ2n) is 8.27. The predicted molar refractivity (Wildman–Crippen MR) is 137 cm³/mol. The number of hydrogen-bond donors (Lipinski definition) is 5. The molecule has 1 unspecified atom stereocenters. The number of nitrogens with two attached hydrogens (primary N) is 1. The van der Waals surface area contributed by atoms with Gasteiger partial charge in [0, 0.05) is 29.1 Å². The summed E-state index contributed by atoms with van der Waals surface area (Å²) in [4.78, 5) is 29.0. The summed E-state index contributed by atoms with van der Waals surface area (Å²) in [6, 6.07) is 9.83. The van der Waals surface area contributed by atoms with Crippen LogP contribution >= 0.6 is 0 Å². The number of benzene rings is 2. The second kappa shape index (κ2) is 12.5. The van der Waals surface area contributed by atoms with E-state index in [0.29, 0.717) is 11.3 Å². The molecule has 3 rings (SSSR count). The average molecular weight is 527 g/mol. The summed E-state index contributed by atoms with van der Waals surface area (Å²) in [7, 11) is 0. The summed E-state index contributed by atoms with van der Waals surface area (Å²) in [6.45, 7) is 5.55. The third-order valence-electron chi connectivity index (χ3n) is 5.11. The molecule has 1 aromatic heterocycles. The minimum Gasteiger partial charge on any atom is -0.490 e. The summed E-state index contributed by atoms with van der Waals surface area (Å²) >= 11 is 0. The van der Waals surface area contributed by atoms with Gasteiger partial charge in [0.15, 0.2) is 11.5 Å². The highest BCUT2D eigenvalue weighted by Gasteiger charge is 2.27. The molecular weight excluding hydrogens is 498 g/mol. The second-order valence-corrected chi connectivity index (χ2v) is 8.27. The summed E-state index contributed by atoms with van der Waals surface area (Å²) in [5.41, 5.74) is 10.1. The lowest BCUT2D eigenvalue weighted by Crippen LogP contribution is -2.46. The van der Waals surface area contributed by atoms with Gasteiger partial charge in [-0.1, -0.05) is 0 Å². The van der Waals surface area contributed by atoms with E-state index in [0.717, 1.165) is 6.07 Å². The van der Waals surface area contributed by atoms with Gasteiger partial charge in [-0.05, 0) is 63.2 Å². The van der Waals surface area contributed by atoms with Gasteiger partial charge in [0.1, 0.15) is 17.7 Å². The van der Waals surface area contributed by atoms with E-state index in [9.17, 15) is 14.0 Å². The van der Waals surface area contributed by atoms with Crippen molar-refractivity contribution >= 4 is 23.3 Å². The maximum Gasteiger partial charge on any atom is 0.274 e. The van der Waals surface area contributed by atoms with Crippen LogP contribution in [0.5, 0.6) is 11.5 Å². The van der Waals surface area contributed by atoms with Crippen molar-refractivity contribution in [2.75, 3.05) is 11.9 Å². The zero-order valence-electron chi connectivity index (χ0n) is 21.0. The number of halogens is 2. The molecule has 0 radical (unpaired) electrons. The number of hydrazine groups is 1. The first-order valence-electron chi connectivity index (χ1n) is 11.6. The number of nitrogen functional groups attached to an aromatic ring is 1. The molecule has 12 heteroatoms. The molecule has 1 heterocycles. The molecule has 0 aliphatic heterocycles.